The van der Waals surface area contributed by atoms with Crippen molar-refractivity contribution in [1.82, 2.24) is 13.6 Å². The Morgan fingerprint density at radius 2 is 1.59 bits per heavy atom. The average molecular weight is 570 g/mol. The van der Waals surface area contributed by atoms with Crippen molar-refractivity contribution in [3.63, 3.8) is 0 Å². The molecular formula is C21H27Cl3N4O4S2. The smallest absolute Gasteiger partial charge is 0.244 e. The third-order valence-corrected chi connectivity index (χ3v) is 11.0. The molecule has 8 nitrogen and oxygen atoms in total. The zero-order valence-electron chi connectivity index (χ0n) is 18.4. The van der Waals surface area contributed by atoms with E-state index in [1.165, 1.54) is 16.4 Å². The number of hydrogen-bond donors (Lipinski definition) is 0. The molecule has 0 radical (unpaired) electrons. The average Bonchev–Trinajstić information content (AvgIpc) is 3.30. The highest BCUT2D eigenvalue weighted by Gasteiger charge is 2.35. The van der Waals surface area contributed by atoms with Gasteiger partial charge in [0.05, 0.1) is 15.8 Å². The number of hydrogen-bond acceptors (Lipinski definition) is 6. The topological polar surface area (TPSA) is 90.9 Å². The summed E-state index contributed by atoms with van der Waals surface area (Å²) in [4.78, 5) is 6.15. The molecule has 34 heavy (non-hydrogen) atoms. The van der Waals surface area contributed by atoms with Crippen molar-refractivity contribution in [2.75, 3.05) is 49.9 Å². The highest BCUT2D eigenvalue weighted by atomic mass is 35.5. The zero-order chi connectivity index (χ0) is 23.6. The minimum Gasteiger partial charge on any atom is -0.369 e. The van der Waals surface area contributed by atoms with Gasteiger partial charge < -0.3 is 4.90 Å². The van der Waals surface area contributed by atoms with E-state index in [0.29, 0.717) is 45.6 Å². The molecule has 13 heteroatoms. The van der Waals surface area contributed by atoms with Crippen LogP contribution in [0.1, 0.15) is 12.8 Å². The Morgan fingerprint density at radius 1 is 0.912 bits per heavy atom. The number of aromatic nitrogens is 1. The Labute approximate surface area is 217 Å². The summed E-state index contributed by atoms with van der Waals surface area (Å²) in [6.45, 7) is 2.72. The van der Waals surface area contributed by atoms with E-state index in [2.05, 4.69) is 9.88 Å². The molecular weight excluding hydrogens is 543 g/mol. The predicted molar refractivity (Wildman–Crippen MR) is 137 cm³/mol. The molecule has 4 rings (SSSR count). The van der Waals surface area contributed by atoms with Crippen molar-refractivity contribution in [2.24, 2.45) is 5.92 Å². The Kier molecular flexibility index (Phi) is 9.11. The van der Waals surface area contributed by atoms with Gasteiger partial charge in [-0.15, -0.1) is 12.4 Å². The second-order valence-corrected chi connectivity index (χ2v) is 13.0. The number of nitrogens with zero attached hydrogens (tertiary/aromatic N) is 4. The predicted octanol–water partition coefficient (Wildman–Crippen LogP) is 3.36. The third-order valence-electron chi connectivity index (χ3n) is 6.23. The first-order valence-corrected chi connectivity index (χ1v) is 14.6. The molecule has 3 heterocycles. The van der Waals surface area contributed by atoms with Crippen molar-refractivity contribution in [2.45, 2.75) is 17.7 Å². The normalized spacial score (nSPS) is 20.3. The van der Waals surface area contributed by atoms with E-state index < -0.39 is 20.0 Å². The van der Waals surface area contributed by atoms with Crippen LogP contribution in [0.4, 0.5) is 5.69 Å². The van der Waals surface area contributed by atoms with Gasteiger partial charge in [0, 0.05) is 57.3 Å². The molecule has 1 unspecified atom stereocenters. The summed E-state index contributed by atoms with van der Waals surface area (Å²) in [5.74, 6) is -0.00994. The molecule has 1 aromatic heterocycles. The van der Waals surface area contributed by atoms with Gasteiger partial charge in [-0.25, -0.2) is 16.8 Å². The molecule has 1 atom stereocenters. The molecule has 0 bridgehead atoms. The van der Waals surface area contributed by atoms with Gasteiger partial charge in [-0.2, -0.15) is 8.61 Å². The molecule has 2 aliphatic heterocycles. The van der Waals surface area contributed by atoms with E-state index >= 15 is 0 Å². The summed E-state index contributed by atoms with van der Waals surface area (Å²) in [6, 6.07) is 8.36. The fourth-order valence-corrected chi connectivity index (χ4v) is 8.17. The van der Waals surface area contributed by atoms with E-state index in [9.17, 15) is 16.8 Å². The third kappa shape index (κ3) is 5.98. The Balaban J connectivity index is 0.00000324. The summed E-state index contributed by atoms with van der Waals surface area (Å²) in [6.07, 6.45) is 4.48. The van der Waals surface area contributed by atoms with Crippen LogP contribution in [0.15, 0.2) is 47.6 Å². The van der Waals surface area contributed by atoms with Crippen molar-refractivity contribution < 1.29 is 16.8 Å². The van der Waals surface area contributed by atoms with Crippen molar-refractivity contribution in [1.29, 1.82) is 0 Å². The van der Waals surface area contributed by atoms with Gasteiger partial charge in [0.1, 0.15) is 4.90 Å². The molecule has 2 fully saturated rings. The van der Waals surface area contributed by atoms with Gasteiger partial charge >= 0.3 is 0 Å². The molecule has 2 aromatic rings. The minimum absolute atomic E-state index is 0. The second kappa shape index (κ2) is 11.3. The van der Waals surface area contributed by atoms with Crippen LogP contribution in [0.25, 0.3) is 0 Å². The van der Waals surface area contributed by atoms with Crippen LogP contribution in [-0.2, 0) is 20.0 Å². The summed E-state index contributed by atoms with van der Waals surface area (Å²) in [5, 5.41) is 0.194. The summed E-state index contributed by atoms with van der Waals surface area (Å²) in [7, 11) is -7.19. The quantitative estimate of drug-likeness (QED) is 0.508. The summed E-state index contributed by atoms with van der Waals surface area (Å²) < 4.78 is 54.7. The standard InChI is InChI=1S/C21H26Cl2N4O4S2.ClH/c22-19-2-1-3-20(21(19)23)33(30,31)27-10-6-17(16-27)7-15-32(28,29)26-13-11-25(12-14-26)18-4-8-24-9-5-18;/h1-5,8-9,17H,6-7,10-16H2;1H. The number of benzene rings is 1. The fourth-order valence-electron chi connectivity index (χ4n) is 4.30. The van der Waals surface area contributed by atoms with Gasteiger partial charge in [-0.3, -0.25) is 4.98 Å². The molecule has 0 N–H and O–H groups in total. The van der Waals surface area contributed by atoms with Crippen LogP contribution in [0.5, 0.6) is 0 Å². The van der Waals surface area contributed by atoms with Gasteiger partial charge in [-0.1, -0.05) is 29.3 Å². The van der Waals surface area contributed by atoms with E-state index in [1.807, 2.05) is 12.1 Å². The number of anilines is 1. The maximum Gasteiger partial charge on any atom is 0.244 e. The summed E-state index contributed by atoms with van der Waals surface area (Å²) >= 11 is 12.1. The lowest BCUT2D eigenvalue weighted by atomic mass is 10.1. The van der Waals surface area contributed by atoms with Gasteiger partial charge in [0.15, 0.2) is 0 Å². The van der Waals surface area contributed by atoms with E-state index in [-0.39, 0.29) is 45.6 Å². The SMILES string of the molecule is Cl.O=S(=O)(CCC1CCN(S(=O)(=O)c2cccc(Cl)c2Cl)C1)N1CCN(c2ccncc2)CC1. The molecule has 0 spiro atoms. The van der Waals surface area contributed by atoms with E-state index in [4.69, 9.17) is 23.2 Å². The van der Waals surface area contributed by atoms with Crippen LogP contribution in [0, 0.1) is 5.92 Å². The van der Waals surface area contributed by atoms with Crippen LogP contribution < -0.4 is 4.90 Å². The molecule has 0 aliphatic carbocycles. The fraction of sp³-hybridized carbons (Fsp3) is 0.476. The molecule has 2 saturated heterocycles. The van der Waals surface area contributed by atoms with Crippen LogP contribution in [0.2, 0.25) is 10.0 Å². The van der Waals surface area contributed by atoms with Crippen LogP contribution in [0.3, 0.4) is 0 Å². The minimum atomic E-state index is -3.78. The number of halogens is 3. The molecule has 1 aromatic carbocycles. The lowest BCUT2D eigenvalue weighted by Gasteiger charge is -2.35. The maximum atomic E-state index is 13.0. The number of sulfonamides is 2. The van der Waals surface area contributed by atoms with Gasteiger partial charge in [-0.05, 0) is 43.0 Å². The molecule has 188 valence electrons. The molecule has 0 saturated carbocycles. The Bertz CT molecular complexity index is 1190. The van der Waals surface area contributed by atoms with Crippen molar-refractivity contribution >= 4 is 61.3 Å². The van der Waals surface area contributed by atoms with Gasteiger partial charge in [0.2, 0.25) is 20.0 Å². The van der Waals surface area contributed by atoms with Crippen molar-refractivity contribution in [3.8, 4) is 0 Å². The first-order chi connectivity index (χ1) is 15.7. The summed E-state index contributed by atoms with van der Waals surface area (Å²) in [5.41, 5.74) is 1.04. The Morgan fingerprint density at radius 3 is 2.26 bits per heavy atom. The van der Waals surface area contributed by atoms with Gasteiger partial charge in [0.25, 0.3) is 0 Å². The Hall–Kier alpha value is -1.14. The maximum absolute atomic E-state index is 13.0. The number of piperazine rings is 1. The lowest BCUT2D eigenvalue weighted by molar-refractivity contribution is 0.381. The highest BCUT2D eigenvalue weighted by Crippen LogP contribution is 2.33. The van der Waals surface area contributed by atoms with Crippen molar-refractivity contribution in [3.05, 3.63) is 52.8 Å². The highest BCUT2D eigenvalue weighted by molar-refractivity contribution is 7.89. The first kappa shape index (κ1) is 27.4. The lowest BCUT2D eigenvalue weighted by Crippen LogP contribution is -2.49. The first-order valence-electron chi connectivity index (χ1n) is 10.8. The zero-order valence-corrected chi connectivity index (χ0v) is 22.3. The second-order valence-electron chi connectivity index (χ2n) is 8.27. The monoisotopic (exact) mass is 568 g/mol. The molecule has 2 aliphatic rings. The van der Waals surface area contributed by atoms with E-state index in [1.54, 1.807) is 22.8 Å². The number of rotatable bonds is 7. The van der Waals surface area contributed by atoms with Crippen LogP contribution in [-0.4, -0.2) is 75.5 Å². The van der Waals surface area contributed by atoms with E-state index in [0.717, 1.165) is 5.69 Å². The largest absolute Gasteiger partial charge is 0.369 e. The number of pyridine rings is 1. The van der Waals surface area contributed by atoms with Crippen LogP contribution >= 0.6 is 35.6 Å². The molecule has 0 amide bonds.